The molecule has 116 valence electrons. The van der Waals surface area contributed by atoms with Crippen molar-refractivity contribution < 1.29 is 14.2 Å². The van der Waals surface area contributed by atoms with Gasteiger partial charge in [0.05, 0.1) is 19.3 Å². The van der Waals surface area contributed by atoms with E-state index < -0.39 is 6.10 Å². The molecule has 0 radical (unpaired) electrons. The first kappa shape index (κ1) is 14.9. The molecule has 1 N–H and O–H groups in total. The van der Waals surface area contributed by atoms with Gasteiger partial charge in [-0.2, -0.15) is 0 Å². The van der Waals surface area contributed by atoms with Crippen molar-refractivity contribution in [3.63, 3.8) is 0 Å². The molecule has 2 fully saturated rings. The molecular formula is C16H23FN2O2. The van der Waals surface area contributed by atoms with Crippen LogP contribution < -0.4 is 0 Å². The van der Waals surface area contributed by atoms with E-state index in [1.807, 2.05) is 0 Å². The zero-order chi connectivity index (χ0) is 14.7. The van der Waals surface area contributed by atoms with E-state index in [0.29, 0.717) is 18.2 Å². The van der Waals surface area contributed by atoms with Crippen LogP contribution in [0.5, 0.6) is 0 Å². The van der Waals surface area contributed by atoms with Crippen LogP contribution in [0.1, 0.15) is 18.1 Å². The summed E-state index contributed by atoms with van der Waals surface area (Å²) in [6.45, 7) is 6.03. The number of morpholine rings is 1. The van der Waals surface area contributed by atoms with Crippen molar-refractivity contribution >= 4 is 0 Å². The van der Waals surface area contributed by atoms with Gasteiger partial charge < -0.3 is 9.84 Å². The average Bonchev–Trinajstić information content (AvgIpc) is 2.97. The number of halogens is 1. The van der Waals surface area contributed by atoms with Crippen LogP contribution in [0.3, 0.4) is 0 Å². The predicted octanol–water partition coefficient (Wildman–Crippen LogP) is 1.27. The topological polar surface area (TPSA) is 35.9 Å². The largest absolute Gasteiger partial charge is 0.387 e. The summed E-state index contributed by atoms with van der Waals surface area (Å²) in [5.41, 5.74) is 0.396. The molecule has 2 unspecified atom stereocenters. The van der Waals surface area contributed by atoms with E-state index in [9.17, 15) is 9.50 Å². The van der Waals surface area contributed by atoms with Gasteiger partial charge in [-0.15, -0.1) is 0 Å². The van der Waals surface area contributed by atoms with Crippen molar-refractivity contribution in [2.24, 2.45) is 0 Å². The number of ether oxygens (including phenoxy) is 1. The summed E-state index contributed by atoms with van der Waals surface area (Å²) in [7, 11) is 0. The molecule has 0 saturated carbocycles. The van der Waals surface area contributed by atoms with Gasteiger partial charge in [0.2, 0.25) is 0 Å². The Morgan fingerprint density at radius 2 is 2.00 bits per heavy atom. The van der Waals surface area contributed by atoms with Gasteiger partial charge in [-0.1, -0.05) is 18.2 Å². The zero-order valence-electron chi connectivity index (χ0n) is 12.2. The molecule has 1 aromatic rings. The van der Waals surface area contributed by atoms with E-state index in [-0.39, 0.29) is 5.82 Å². The predicted molar refractivity (Wildman–Crippen MR) is 78.6 cm³/mol. The number of benzene rings is 1. The molecular weight excluding hydrogens is 271 g/mol. The van der Waals surface area contributed by atoms with E-state index >= 15 is 0 Å². The molecule has 1 aromatic carbocycles. The minimum Gasteiger partial charge on any atom is -0.387 e. The first-order chi connectivity index (χ1) is 10.2. The van der Waals surface area contributed by atoms with Crippen molar-refractivity contribution in [1.29, 1.82) is 0 Å². The van der Waals surface area contributed by atoms with Crippen LogP contribution >= 0.6 is 0 Å². The Kier molecular flexibility index (Phi) is 4.85. The van der Waals surface area contributed by atoms with Crippen LogP contribution in [0.2, 0.25) is 0 Å². The SMILES string of the molecule is OC(CN1CCC(N2CCOCC2)C1)c1ccccc1F. The third kappa shape index (κ3) is 3.61. The van der Waals surface area contributed by atoms with Crippen molar-refractivity contribution in [3.8, 4) is 0 Å². The number of aliphatic hydroxyl groups is 1. The minimum atomic E-state index is -0.755. The molecule has 21 heavy (non-hydrogen) atoms. The number of likely N-dealkylation sites (tertiary alicyclic amines) is 1. The summed E-state index contributed by atoms with van der Waals surface area (Å²) < 4.78 is 19.1. The monoisotopic (exact) mass is 294 g/mol. The van der Waals surface area contributed by atoms with Crippen LogP contribution in [0, 0.1) is 5.82 Å². The Morgan fingerprint density at radius 3 is 2.76 bits per heavy atom. The fraction of sp³-hybridized carbons (Fsp3) is 0.625. The Morgan fingerprint density at radius 1 is 1.24 bits per heavy atom. The highest BCUT2D eigenvalue weighted by Crippen LogP contribution is 2.22. The van der Waals surface area contributed by atoms with Crippen molar-refractivity contribution in [2.75, 3.05) is 45.9 Å². The van der Waals surface area contributed by atoms with Crippen molar-refractivity contribution in [1.82, 2.24) is 9.80 Å². The molecule has 0 bridgehead atoms. The number of hydrogen-bond donors (Lipinski definition) is 1. The van der Waals surface area contributed by atoms with Gasteiger partial charge in [-0.05, 0) is 19.0 Å². The summed E-state index contributed by atoms with van der Waals surface area (Å²) >= 11 is 0. The number of nitrogens with zero attached hydrogens (tertiary/aromatic N) is 2. The fourth-order valence-corrected chi connectivity index (χ4v) is 3.31. The van der Waals surface area contributed by atoms with Crippen molar-refractivity contribution in [2.45, 2.75) is 18.6 Å². The molecule has 3 rings (SSSR count). The molecule has 0 spiro atoms. The quantitative estimate of drug-likeness (QED) is 0.907. The standard InChI is InChI=1S/C16H23FN2O2/c17-15-4-2-1-3-14(15)16(20)12-18-6-5-13(11-18)19-7-9-21-10-8-19/h1-4,13,16,20H,5-12H2. The van der Waals surface area contributed by atoms with Crippen LogP contribution in [0.15, 0.2) is 24.3 Å². The van der Waals surface area contributed by atoms with Gasteiger partial charge in [-0.3, -0.25) is 9.80 Å². The fourth-order valence-electron chi connectivity index (χ4n) is 3.31. The highest BCUT2D eigenvalue weighted by atomic mass is 19.1. The lowest BCUT2D eigenvalue weighted by Gasteiger charge is -2.32. The molecule has 0 aliphatic carbocycles. The third-order valence-corrected chi connectivity index (χ3v) is 4.50. The zero-order valence-corrected chi connectivity index (χ0v) is 12.2. The molecule has 2 aliphatic rings. The first-order valence-electron chi connectivity index (χ1n) is 7.70. The Balaban J connectivity index is 1.53. The Hall–Kier alpha value is -1.01. The Bertz CT molecular complexity index is 465. The number of β-amino-alcohol motifs (C(OH)–C–C–N with tert-alkyl or cyclic N) is 1. The molecule has 0 amide bonds. The molecule has 2 saturated heterocycles. The van der Waals surface area contributed by atoms with Crippen LogP contribution in [-0.4, -0.2) is 66.9 Å². The van der Waals surface area contributed by atoms with E-state index in [0.717, 1.165) is 45.8 Å². The van der Waals surface area contributed by atoms with E-state index in [4.69, 9.17) is 4.74 Å². The van der Waals surface area contributed by atoms with Crippen LogP contribution in [0.4, 0.5) is 4.39 Å². The number of aliphatic hydroxyl groups excluding tert-OH is 1. The highest BCUT2D eigenvalue weighted by Gasteiger charge is 2.30. The summed E-state index contributed by atoms with van der Waals surface area (Å²) in [5, 5.41) is 10.2. The maximum atomic E-state index is 13.7. The number of hydrogen-bond acceptors (Lipinski definition) is 4. The lowest BCUT2D eigenvalue weighted by Crippen LogP contribution is -2.44. The molecule has 2 aliphatic heterocycles. The lowest BCUT2D eigenvalue weighted by atomic mass is 10.1. The molecule has 2 atom stereocenters. The maximum absolute atomic E-state index is 13.7. The van der Waals surface area contributed by atoms with Gasteiger partial charge in [-0.25, -0.2) is 4.39 Å². The van der Waals surface area contributed by atoms with Gasteiger partial charge in [0, 0.05) is 37.8 Å². The van der Waals surface area contributed by atoms with Gasteiger partial charge in [0.1, 0.15) is 5.82 Å². The number of rotatable bonds is 4. The molecule has 0 aromatic heterocycles. The lowest BCUT2D eigenvalue weighted by molar-refractivity contribution is 0.0174. The van der Waals surface area contributed by atoms with E-state index in [1.165, 1.54) is 6.07 Å². The second-order valence-electron chi connectivity index (χ2n) is 5.89. The molecule has 2 heterocycles. The van der Waals surface area contributed by atoms with E-state index in [2.05, 4.69) is 9.80 Å². The normalized spacial score (nSPS) is 26.1. The average molecular weight is 294 g/mol. The maximum Gasteiger partial charge on any atom is 0.129 e. The highest BCUT2D eigenvalue weighted by molar-refractivity contribution is 5.20. The minimum absolute atomic E-state index is 0.325. The molecule has 5 heteroatoms. The van der Waals surface area contributed by atoms with E-state index in [1.54, 1.807) is 18.2 Å². The second kappa shape index (κ2) is 6.83. The summed E-state index contributed by atoms with van der Waals surface area (Å²) in [5.74, 6) is -0.325. The summed E-state index contributed by atoms with van der Waals surface area (Å²) in [4.78, 5) is 4.70. The van der Waals surface area contributed by atoms with Crippen molar-refractivity contribution in [3.05, 3.63) is 35.6 Å². The van der Waals surface area contributed by atoms with Crippen LogP contribution in [-0.2, 0) is 4.74 Å². The van der Waals surface area contributed by atoms with Gasteiger partial charge >= 0.3 is 0 Å². The van der Waals surface area contributed by atoms with Gasteiger partial charge in [0.25, 0.3) is 0 Å². The third-order valence-electron chi connectivity index (χ3n) is 4.50. The Labute approximate surface area is 125 Å². The molecule has 4 nitrogen and oxygen atoms in total. The van der Waals surface area contributed by atoms with Crippen LogP contribution in [0.25, 0.3) is 0 Å². The first-order valence-corrected chi connectivity index (χ1v) is 7.70. The summed E-state index contributed by atoms with van der Waals surface area (Å²) in [6.07, 6.45) is 0.360. The van der Waals surface area contributed by atoms with Gasteiger partial charge in [0.15, 0.2) is 0 Å². The smallest absolute Gasteiger partial charge is 0.129 e. The second-order valence-corrected chi connectivity index (χ2v) is 5.89. The summed E-state index contributed by atoms with van der Waals surface area (Å²) in [6, 6.07) is 7.02.